The highest BCUT2D eigenvalue weighted by atomic mass is 35.5. The molecule has 0 heterocycles. The maximum atomic E-state index is 11.7. The zero-order valence-electron chi connectivity index (χ0n) is 9.70. The molecular weight excluding hydrogens is 279 g/mol. The molecular formula is C12H10Cl2O4. The number of carbonyl (C=O) groups excluding carboxylic acids is 2. The third-order valence-electron chi connectivity index (χ3n) is 2.06. The van der Waals surface area contributed by atoms with Gasteiger partial charge < -0.3 is 9.47 Å². The molecule has 1 aromatic rings. The minimum atomic E-state index is -0.617. The Kier molecular flexibility index (Phi) is 5.19. The maximum Gasteiger partial charge on any atom is 0.330 e. The van der Waals surface area contributed by atoms with Gasteiger partial charge in [0.2, 0.25) is 0 Å². The van der Waals surface area contributed by atoms with Gasteiger partial charge in [-0.25, -0.2) is 4.79 Å². The van der Waals surface area contributed by atoms with Crippen LogP contribution in [0.5, 0.6) is 5.75 Å². The number of esters is 1. The van der Waals surface area contributed by atoms with Crippen LogP contribution in [0, 0.1) is 0 Å². The van der Waals surface area contributed by atoms with Gasteiger partial charge >= 0.3 is 5.97 Å². The lowest BCUT2D eigenvalue weighted by Gasteiger charge is -2.06. The summed E-state index contributed by atoms with van der Waals surface area (Å²) in [5, 5.41) is 0.444. The molecule has 0 bridgehead atoms. The summed E-state index contributed by atoms with van der Waals surface area (Å²) in [6, 6.07) is 2.83. The molecule has 0 N–H and O–H groups in total. The topological polar surface area (TPSA) is 52.6 Å². The van der Waals surface area contributed by atoms with Crippen molar-refractivity contribution in [1.29, 1.82) is 0 Å². The van der Waals surface area contributed by atoms with E-state index < -0.39 is 11.8 Å². The Morgan fingerprint density at radius 3 is 2.11 bits per heavy atom. The Bertz CT molecular complexity index is 486. The van der Waals surface area contributed by atoms with Crippen molar-refractivity contribution in [2.24, 2.45) is 0 Å². The van der Waals surface area contributed by atoms with Crippen molar-refractivity contribution >= 4 is 35.0 Å². The molecule has 0 saturated carbocycles. The van der Waals surface area contributed by atoms with Gasteiger partial charge in [0, 0.05) is 11.6 Å². The summed E-state index contributed by atoms with van der Waals surface area (Å²) in [7, 11) is 2.64. The Morgan fingerprint density at radius 2 is 1.67 bits per heavy atom. The SMILES string of the molecule is COC(=O)/C=C/C(=O)c1cc(Cl)c(OC)c(Cl)c1. The zero-order chi connectivity index (χ0) is 13.7. The number of carbonyl (C=O) groups is 2. The summed E-state index contributed by atoms with van der Waals surface area (Å²) in [5.41, 5.74) is 0.256. The first-order valence-electron chi connectivity index (χ1n) is 4.83. The van der Waals surface area contributed by atoms with E-state index in [-0.39, 0.29) is 15.6 Å². The van der Waals surface area contributed by atoms with Gasteiger partial charge in [-0.2, -0.15) is 0 Å². The Morgan fingerprint density at radius 1 is 1.11 bits per heavy atom. The molecule has 0 aliphatic heterocycles. The summed E-state index contributed by atoms with van der Waals surface area (Å²) in [6.07, 6.45) is 2.11. The number of hydrogen-bond acceptors (Lipinski definition) is 4. The molecule has 0 unspecified atom stereocenters. The van der Waals surface area contributed by atoms with Crippen LogP contribution in [0.3, 0.4) is 0 Å². The Balaban J connectivity index is 3.01. The molecule has 1 aromatic carbocycles. The van der Waals surface area contributed by atoms with Crippen LogP contribution >= 0.6 is 23.2 Å². The predicted molar refractivity (Wildman–Crippen MR) is 68.5 cm³/mol. The highest BCUT2D eigenvalue weighted by molar-refractivity contribution is 6.37. The van der Waals surface area contributed by atoms with Crippen LogP contribution < -0.4 is 4.74 Å². The first-order chi connectivity index (χ1) is 8.49. The van der Waals surface area contributed by atoms with Crippen molar-refractivity contribution in [2.75, 3.05) is 14.2 Å². The minimum absolute atomic E-state index is 0.222. The first-order valence-corrected chi connectivity index (χ1v) is 5.58. The summed E-state index contributed by atoms with van der Waals surface area (Å²) in [4.78, 5) is 22.6. The average molecular weight is 289 g/mol. The third kappa shape index (κ3) is 3.48. The van der Waals surface area contributed by atoms with Crippen LogP contribution in [-0.2, 0) is 9.53 Å². The monoisotopic (exact) mass is 288 g/mol. The van der Waals surface area contributed by atoms with Gasteiger partial charge in [-0.05, 0) is 18.2 Å². The highest BCUT2D eigenvalue weighted by Gasteiger charge is 2.12. The molecule has 18 heavy (non-hydrogen) atoms. The van der Waals surface area contributed by atoms with Gasteiger partial charge in [0.05, 0.1) is 24.3 Å². The van der Waals surface area contributed by atoms with E-state index in [1.807, 2.05) is 0 Å². The molecule has 1 rings (SSSR count). The molecule has 0 aliphatic carbocycles. The van der Waals surface area contributed by atoms with Crippen molar-refractivity contribution in [3.05, 3.63) is 39.9 Å². The van der Waals surface area contributed by atoms with Crippen LogP contribution in [0.1, 0.15) is 10.4 Å². The number of methoxy groups -OCH3 is 2. The molecule has 0 radical (unpaired) electrons. The molecule has 6 heteroatoms. The van der Waals surface area contributed by atoms with Crippen molar-refractivity contribution in [1.82, 2.24) is 0 Å². The van der Waals surface area contributed by atoms with Gasteiger partial charge in [0.15, 0.2) is 11.5 Å². The van der Waals surface area contributed by atoms with Gasteiger partial charge in [0.1, 0.15) is 0 Å². The van der Waals surface area contributed by atoms with Crippen molar-refractivity contribution in [2.45, 2.75) is 0 Å². The fourth-order valence-corrected chi connectivity index (χ4v) is 1.85. The second kappa shape index (κ2) is 6.42. The van der Waals surface area contributed by atoms with Crippen molar-refractivity contribution < 1.29 is 19.1 Å². The van der Waals surface area contributed by atoms with Gasteiger partial charge in [-0.1, -0.05) is 23.2 Å². The number of halogens is 2. The second-order valence-electron chi connectivity index (χ2n) is 3.19. The van der Waals surface area contributed by atoms with Gasteiger partial charge in [-0.15, -0.1) is 0 Å². The van der Waals surface area contributed by atoms with E-state index in [1.54, 1.807) is 0 Å². The summed E-state index contributed by atoms with van der Waals surface area (Å²) in [6.45, 7) is 0. The quantitative estimate of drug-likeness (QED) is 0.486. The first kappa shape index (κ1) is 14.5. The lowest BCUT2D eigenvalue weighted by atomic mass is 10.1. The standard InChI is InChI=1S/C12H10Cl2O4/c1-17-11(16)4-3-10(15)7-5-8(13)12(18-2)9(14)6-7/h3-6H,1-2H3/b4-3+. The Hall–Kier alpha value is -1.52. The molecule has 0 atom stereocenters. The fraction of sp³-hybridized carbons (Fsp3) is 0.167. The van der Waals surface area contributed by atoms with E-state index in [4.69, 9.17) is 27.9 Å². The number of ether oxygens (including phenoxy) is 2. The fourth-order valence-electron chi connectivity index (χ4n) is 1.21. The van der Waals surface area contributed by atoms with Crippen LogP contribution in [0.2, 0.25) is 10.0 Å². The summed E-state index contributed by atoms with van der Waals surface area (Å²) in [5.74, 6) is -0.729. The minimum Gasteiger partial charge on any atom is -0.494 e. The smallest absolute Gasteiger partial charge is 0.330 e. The van der Waals surface area contributed by atoms with E-state index in [2.05, 4.69) is 4.74 Å². The molecule has 96 valence electrons. The van der Waals surface area contributed by atoms with Gasteiger partial charge in [-0.3, -0.25) is 4.79 Å². The van der Waals surface area contributed by atoms with E-state index in [1.165, 1.54) is 26.4 Å². The normalized spacial score (nSPS) is 10.4. The van der Waals surface area contributed by atoms with Gasteiger partial charge in [0.25, 0.3) is 0 Å². The molecule has 0 amide bonds. The van der Waals surface area contributed by atoms with Crippen LogP contribution in [0.15, 0.2) is 24.3 Å². The van der Waals surface area contributed by atoms with E-state index >= 15 is 0 Å². The number of ketones is 1. The van der Waals surface area contributed by atoms with E-state index in [0.29, 0.717) is 5.75 Å². The summed E-state index contributed by atoms with van der Waals surface area (Å²) >= 11 is 11.8. The summed E-state index contributed by atoms with van der Waals surface area (Å²) < 4.78 is 9.33. The molecule has 0 saturated heterocycles. The highest BCUT2D eigenvalue weighted by Crippen LogP contribution is 2.33. The molecule has 0 fully saturated rings. The molecule has 4 nitrogen and oxygen atoms in total. The van der Waals surface area contributed by atoms with E-state index in [0.717, 1.165) is 12.2 Å². The largest absolute Gasteiger partial charge is 0.494 e. The van der Waals surface area contributed by atoms with Crippen LogP contribution in [-0.4, -0.2) is 26.0 Å². The zero-order valence-corrected chi connectivity index (χ0v) is 11.2. The van der Waals surface area contributed by atoms with Crippen LogP contribution in [0.4, 0.5) is 0 Å². The lowest BCUT2D eigenvalue weighted by molar-refractivity contribution is -0.134. The Labute approximate surface area is 114 Å². The maximum absolute atomic E-state index is 11.7. The molecule has 0 spiro atoms. The van der Waals surface area contributed by atoms with Crippen LogP contribution in [0.25, 0.3) is 0 Å². The molecule has 0 aromatic heterocycles. The third-order valence-corrected chi connectivity index (χ3v) is 2.62. The van der Waals surface area contributed by atoms with Crippen molar-refractivity contribution in [3.8, 4) is 5.75 Å². The number of allylic oxidation sites excluding steroid dienone is 1. The average Bonchev–Trinajstić information content (AvgIpc) is 2.34. The van der Waals surface area contributed by atoms with Crippen molar-refractivity contribution in [3.63, 3.8) is 0 Å². The number of rotatable bonds is 4. The molecule has 0 aliphatic rings. The predicted octanol–water partition coefficient (Wildman–Crippen LogP) is 2.91. The second-order valence-corrected chi connectivity index (χ2v) is 4.01. The van der Waals surface area contributed by atoms with E-state index in [9.17, 15) is 9.59 Å². The number of hydrogen-bond donors (Lipinski definition) is 0. The number of benzene rings is 1. The lowest BCUT2D eigenvalue weighted by Crippen LogP contribution is -1.99.